The molecule has 174 valence electrons. The molecule has 1 aliphatic heterocycles. The molecule has 2 aromatic rings. The predicted octanol–water partition coefficient (Wildman–Crippen LogP) is 3.41. The maximum absolute atomic E-state index is 13.3. The van der Waals surface area contributed by atoms with Gasteiger partial charge in [-0.25, -0.2) is 13.4 Å². The van der Waals surface area contributed by atoms with Crippen LogP contribution < -0.4 is 10.2 Å². The monoisotopic (exact) mass is 478 g/mol. The Morgan fingerprint density at radius 3 is 2.53 bits per heavy atom. The van der Waals surface area contributed by atoms with Crippen LogP contribution in [0.5, 0.6) is 0 Å². The van der Waals surface area contributed by atoms with Gasteiger partial charge in [0.15, 0.2) is 5.13 Å². The Morgan fingerprint density at radius 2 is 1.91 bits per heavy atom. The SMILES string of the molecule is Cc1nc(NC(=O)c2cc(S(=O)(=O)N3CCOCC3)ccc2N(C)C2CCCC2)sc1C. The number of thiazole rings is 1. The van der Waals surface area contributed by atoms with E-state index in [1.807, 2.05) is 20.9 Å². The summed E-state index contributed by atoms with van der Waals surface area (Å²) in [4.78, 5) is 21.0. The molecule has 2 aliphatic rings. The van der Waals surface area contributed by atoms with Crippen molar-refractivity contribution in [2.24, 2.45) is 0 Å². The van der Waals surface area contributed by atoms with Crippen molar-refractivity contribution in [3.63, 3.8) is 0 Å². The lowest BCUT2D eigenvalue weighted by atomic mass is 10.1. The number of aryl methyl sites for hydroxylation is 2. The van der Waals surface area contributed by atoms with Crippen LogP contribution >= 0.6 is 11.3 Å². The summed E-state index contributed by atoms with van der Waals surface area (Å²) in [6.45, 7) is 5.22. The highest BCUT2D eigenvalue weighted by Crippen LogP contribution is 2.32. The van der Waals surface area contributed by atoms with Crippen molar-refractivity contribution in [2.75, 3.05) is 43.6 Å². The van der Waals surface area contributed by atoms with Gasteiger partial charge in [0.05, 0.1) is 29.4 Å². The molecule has 32 heavy (non-hydrogen) atoms. The van der Waals surface area contributed by atoms with Gasteiger partial charge in [-0.05, 0) is 44.9 Å². The Morgan fingerprint density at radius 1 is 1.22 bits per heavy atom. The highest BCUT2D eigenvalue weighted by molar-refractivity contribution is 7.89. The van der Waals surface area contributed by atoms with E-state index in [9.17, 15) is 13.2 Å². The number of hydrogen-bond acceptors (Lipinski definition) is 7. The molecule has 0 bridgehead atoms. The number of nitrogens with zero attached hydrogens (tertiary/aromatic N) is 3. The van der Waals surface area contributed by atoms with Crippen molar-refractivity contribution in [3.05, 3.63) is 34.3 Å². The van der Waals surface area contributed by atoms with Crippen LogP contribution in [0.1, 0.15) is 46.6 Å². The van der Waals surface area contributed by atoms with E-state index in [2.05, 4.69) is 15.2 Å². The summed E-state index contributed by atoms with van der Waals surface area (Å²) < 4.78 is 33.2. The topological polar surface area (TPSA) is 91.8 Å². The normalized spacial score (nSPS) is 18.1. The first-order valence-electron chi connectivity index (χ1n) is 11.0. The first kappa shape index (κ1) is 23.2. The first-order chi connectivity index (χ1) is 15.3. The van der Waals surface area contributed by atoms with E-state index >= 15 is 0 Å². The number of nitrogens with one attached hydrogen (secondary N) is 1. The van der Waals surface area contributed by atoms with Crippen molar-refractivity contribution in [1.29, 1.82) is 0 Å². The molecule has 0 radical (unpaired) electrons. The van der Waals surface area contributed by atoms with E-state index in [0.717, 1.165) is 41.9 Å². The lowest BCUT2D eigenvalue weighted by Gasteiger charge is -2.29. The molecule has 1 saturated heterocycles. The van der Waals surface area contributed by atoms with Crippen molar-refractivity contribution in [1.82, 2.24) is 9.29 Å². The Balaban J connectivity index is 1.70. The van der Waals surface area contributed by atoms with Gasteiger partial charge in [0.25, 0.3) is 5.91 Å². The lowest BCUT2D eigenvalue weighted by molar-refractivity contribution is 0.0730. The molecule has 8 nitrogen and oxygen atoms in total. The van der Waals surface area contributed by atoms with Crippen LogP contribution in [-0.4, -0.2) is 63.0 Å². The molecule has 0 unspecified atom stereocenters. The van der Waals surface area contributed by atoms with Crippen molar-refractivity contribution in [3.8, 4) is 0 Å². The summed E-state index contributed by atoms with van der Waals surface area (Å²) in [7, 11) is -1.73. The number of sulfonamides is 1. The molecule has 1 N–H and O–H groups in total. The number of hydrogen-bond donors (Lipinski definition) is 1. The summed E-state index contributed by atoms with van der Waals surface area (Å²) >= 11 is 1.41. The van der Waals surface area contributed by atoms with E-state index < -0.39 is 10.0 Å². The molecule has 4 rings (SSSR count). The third-order valence-corrected chi connectivity index (χ3v) is 9.20. The number of ether oxygens (including phenoxy) is 1. The summed E-state index contributed by atoms with van der Waals surface area (Å²) in [5.41, 5.74) is 1.96. The largest absolute Gasteiger partial charge is 0.379 e. The van der Waals surface area contributed by atoms with Crippen LogP contribution in [0.4, 0.5) is 10.8 Å². The number of amides is 1. The van der Waals surface area contributed by atoms with Gasteiger partial charge < -0.3 is 9.64 Å². The molecule has 1 amide bonds. The third kappa shape index (κ3) is 4.68. The van der Waals surface area contributed by atoms with Crippen LogP contribution in [0, 0.1) is 13.8 Å². The number of benzene rings is 1. The Kier molecular flexibility index (Phi) is 6.85. The number of anilines is 2. The standard InChI is InChI=1S/C22H30N4O4S2/c1-15-16(2)31-22(23-15)24-21(27)19-14-18(32(28,29)26-10-12-30-13-11-26)8-9-20(19)25(3)17-6-4-5-7-17/h8-9,14,17H,4-7,10-13H2,1-3H3,(H,23,24,27). The van der Waals surface area contributed by atoms with Crippen molar-refractivity contribution in [2.45, 2.75) is 50.5 Å². The summed E-state index contributed by atoms with van der Waals surface area (Å²) in [6, 6.07) is 5.22. The summed E-state index contributed by atoms with van der Waals surface area (Å²) in [5.74, 6) is -0.349. The Hall–Kier alpha value is -2.01. The first-order valence-corrected chi connectivity index (χ1v) is 13.2. The van der Waals surface area contributed by atoms with Gasteiger partial charge in [-0.2, -0.15) is 4.31 Å². The summed E-state index contributed by atoms with van der Waals surface area (Å²) in [5, 5.41) is 3.39. The fourth-order valence-corrected chi connectivity index (χ4v) is 6.52. The van der Waals surface area contributed by atoms with E-state index in [-0.39, 0.29) is 10.8 Å². The van der Waals surface area contributed by atoms with Crippen LogP contribution in [0.25, 0.3) is 0 Å². The molecule has 1 aromatic carbocycles. The van der Waals surface area contributed by atoms with Gasteiger partial charge in [0, 0.05) is 36.7 Å². The van der Waals surface area contributed by atoms with Crippen LogP contribution in [0.2, 0.25) is 0 Å². The molecule has 2 fully saturated rings. The second kappa shape index (κ2) is 9.46. The number of aromatic nitrogens is 1. The third-order valence-electron chi connectivity index (χ3n) is 6.32. The molecule has 0 spiro atoms. The van der Waals surface area contributed by atoms with Gasteiger partial charge >= 0.3 is 0 Å². The molecule has 1 saturated carbocycles. The van der Waals surface area contributed by atoms with Gasteiger partial charge in [-0.3, -0.25) is 10.1 Å². The Labute approximate surface area is 193 Å². The highest BCUT2D eigenvalue weighted by atomic mass is 32.2. The molecular formula is C22H30N4O4S2. The minimum Gasteiger partial charge on any atom is -0.379 e. The number of rotatable bonds is 6. The maximum Gasteiger partial charge on any atom is 0.259 e. The average molecular weight is 479 g/mol. The van der Waals surface area contributed by atoms with Gasteiger partial charge in [0.2, 0.25) is 10.0 Å². The van der Waals surface area contributed by atoms with Gasteiger partial charge in [-0.15, -0.1) is 11.3 Å². The van der Waals surface area contributed by atoms with E-state index in [1.165, 1.54) is 21.7 Å². The van der Waals surface area contributed by atoms with Crippen LogP contribution in [-0.2, 0) is 14.8 Å². The molecule has 2 heterocycles. The molecule has 1 aromatic heterocycles. The fraction of sp³-hybridized carbons (Fsp3) is 0.545. The minimum absolute atomic E-state index is 0.125. The zero-order valence-electron chi connectivity index (χ0n) is 18.8. The molecule has 10 heteroatoms. The van der Waals surface area contributed by atoms with Crippen LogP contribution in [0.15, 0.2) is 23.1 Å². The molecule has 1 aliphatic carbocycles. The second-order valence-corrected chi connectivity index (χ2v) is 11.5. The number of carbonyl (C=O) groups excluding carboxylic acids is 1. The number of morpholine rings is 1. The van der Waals surface area contributed by atoms with Gasteiger partial charge in [-0.1, -0.05) is 12.8 Å². The quantitative estimate of drug-likeness (QED) is 0.684. The van der Waals surface area contributed by atoms with Crippen molar-refractivity contribution < 1.29 is 17.9 Å². The van der Waals surface area contributed by atoms with Crippen molar-refractivity contribution >= 4 is 38.1 Å². The fourth-order valence-electron chi connectivity index (χ4n) is 4.28. The van der Waals surface area contributed by atoms with E-state index in [4.69, 9.17) is 4.74 Å². The zero-order chi connectivity index (χ0) is 22.9. The zero-order valence-corrected chi connectivity index (χ0v) is 20.4. The molecular weight excluding hydrogens is 448 g/mol. The summed E-state index contributed by atoms with van der Waals surface area (Å²) in [6.07, 6.45) is 4.46. The second-order valence-electron chi connectivity index (χ2n) is 8.36. The maximum atomic E-state index is 13.3. The predicted molar refractivity (Wildman–Crippen MR) is 126 cm³/mol. The highest BCUT2D eigenvalue weighted by Gasteiger charge is 2.30. The average Bonchev–Trinajstić information content (AvgIpc) is 3.43. The van der Waals surface area contributed by atoms with E-state index in [0.29, 0.717) is 43.0 Å². The Bertz CT molecular complexity index is 1070. The molecule has 0 atom stereocenters. The van der Waals surface area contributed by atoms with Crippen LogP contribution in [0.3, 0.4) is 0 Å². The number of carbonyl (C=O) groups is 1. The minimum atomic E-state index is -3.71. The van der Waals surface area contributed by atoms with Gasteiger partial charge in [0.1, 0.15) is 0 Å². The smallest absolute Gasteiger partial charge is 0.259 e. The lowest BCUT2D eigenvalue weighted by Crippen LogP contribution is -2.40. The van der Waals surface area contributed by atoms with E-state index in [1.54, 1.807) is 12.1 Å².